The minimum absolute atomic E-state index is 0.361. The minimum atomic E-state index is -1.28. The molecule has 1 aromatic carbocycles. The van der Waals surface area contributed by atoms with Gasteiger partial charge in [0.15, 0.2) is 17.5 Å². The van der Waals surface area contributed by atoms with Gasteiger partial charge in [-0.2, -0.15) is 5.26 Å². The van der Waals surface area contributed by atoms with Gasteiger partial charge in [0.2, 0.25) is 0 Å². The van der Waals surface area contributed by atoms with E-state index >= 15 is 0 Å². The molecule has 19 heavy (non-hydrogen) atoms. The Morgan fingerprint density at radius 1 is 1.16 bits per heavy atom. The van der Waals surface area contributed by atoms with Gasteiger partial charge < -0.3 is 0 Å². The van der Waals surface area contributed by atoms with Gasteiger partial charge in [0.25, 0.3) is 0 Å². The summed E-state index contributed by atoms with van der Waals surface area (Å²) in [5.74, 6) is -2.18. The molecule has 2 rings (SSSR count). The summed E-state index contributed by atoms with van der Waals surface area (Å²) in [6, 6.07) is 11.7. The second-order valence-corrected chi connectivity index (χ2v) is 5.64. The highest BCUT2D eigenvalue weighted by molar-refractivity contribution is 9.10. The number of carbonyl (C=O) groups is 2. The molecular weight excluding hydrogens is 326 g/mol. The van der Waals surface area contributed by atoms with Crippen LogP contribution in [0.25, 0.3) is 0 Å². The SMILES string of the molecule is N#C[C@H](C(=O)c1ccc(Br)cc1)C(=O)c1cccs1. The predicted octanol–water partition coefficient (Wildman–Crippen LogP) is 3.72. The van der Waals surface area contributed by atoms with Gasteiger partial charge in [-0.3, -0.25) is 9.59 Å². The van der Waals surface area contributed by atoms with E-state index in [2.05, 4.69) is 15.9 Å². The van der Waals surface area contributed by atoms with Gasteiger partial charge in [0, 0.05) is 10.0 Å². The number of ketones is 2. The molecule has 0 aliphatic heterocycles. The lowest BCUT2D eigenvalue weighted by molar-refractivity contribution is 0.0848. The molecule has 0 aliphatic carbocycles. The minimum Gasteiger partial charge on any atom is -0.292 e. The van der Waals surface area contributed by atoms with Crippen molar-refractivity contribution in [3.63, 3.8) is 0 Å². The summed E-state index contributed by atoms with van der Waals surface area (Å²) in [7, 11) is 0. The van der Waals surface area contributed by atoms with E-state index in [4.69, 9.17) is 5.26 Å². The first-order chi connectivity index (χ1) is 9.13. The van der Waals surface area contributed by atoms with Crippen LogP contribution in [-0.4, -0.2) is 11.6 Å². The van der Waals surface area contributed by atoms with E-state index in [1.54, 1.807) is 47.8 Å². The molecule has 94 valence electrons. The maximum absolute atomic E-state index is 12.2. The van der Waals surface area contributed by atoms with Gasteiger partial charge in [0.1, 0.15) is 0 Å². The standard InChI is InChI=1S/C14H8BrNO2S/c15-10-5-3-9(4-6-10)13(17)11(8-16)14(18)12-2-1-7-19-12/h1-7,11H/t11-/m1/s1. The van der Waals surface area contributed by atoms with E-state index in [0.29, 0.717) is 10.4 Å². The fourth-order valence-electron chi connectivity index (χ4n) is 1.58. The Morgan fingerprint density at radius 2 is 1.84 bits per heavy atom. The summed E-state index contributed by atoms with van der Waals surface area (Å²) >= 11 is 4.50. The van der Waals surface area contributed by atoms with E-state index in [0.717, 1.165) is 4.47 Å². The lowest BCUT2D eigenvalue weighted by Gasteiger charge is -2.06. The molecule has 0 saturated carbocycles. The second kappa shape index (κ2) is 5.91. The topological polar surface area (TPSA) is 57.9 Å². The van der Waals surface area contributed by atoms with Crippen LogP contribution in [-0.2, 0) is 0 Å². The number of nitrogens with zero attached hydrogens (tertiary/aromatic N) is 1. The van der Waals surface area contributed by atoms with Crippen LogP contribution in [0, 0.1) is 17.2 Å². The highest BCUT2D eigenvalue weighted by Crippen LogP contribution is 2.19. The monoisotopic (exact) mass is 333 g/mol. The van der Waals surface area contributed by atoms with E-state index in [-0.39, 0.29) is 0 Å². The van der Waals surface area contributed by atoms with Crippen LogP contribution >= 0.6 is 27.3 Å². The summed E-state index contributed by atoms with van der Waals surface area (Å²) in [5.41, 5.74) is 0.361. The Balaban J connectivity index is 2.28. The Morgan fingerprint density at radius 3 is 2.37 bits per heavy atom. The average molecular weight is 334 g/mol. The third-order valence-corrected chi connectivity index (χ3v) is 3.96. The molecule has 0 spiro atoms. The molecule has 2 aromatic rings. The normalized spacial score (nSPS) is 11.6. The van der Waals surface area contributed by atoms with Crippen LogP contribution in [0.5, 0.6) is 0 Å². The smallest absolute Gasteiger partial charge is 0.197 e. The van der Waals surface area contributed by atoms with Crippen LogP contribution in [0.2, 0.25) is 0 Å². The quantitative estimate of drug-likeness (QED) is 0.632. The molecule has 0 fully saturated rings. The van der Waals surface area contributed by atoms with Crippen LogP contribution < -0.4 is 0 Å². The van der Waals surface area contributed by atoms with Crippen LogP contribution in [0.4, 0.5) is 0 Å². The first-order valence-electron chi connectivity index (χ1n) is 5.40. The number of halogens is 1. The number of hydrogen-bond acceptors (Lipinski definition) is 4. The van der Waals surface area contributed by atoms with Gasteiger partial charge in [0.05, 0.1) is 10.9 Å². The third kappa shape index (κ3) is 2.98. The van der Waals surface area contributed by atoms with Crippen LogP contribution in [0.15, 0.2) is 46.3 Å². The molecule has 1 heterocycles. The van der Waals surface area contributed by atoms with E-state index < -0.39 is 17.5 Å². The van der Waals surface area contributed by atoms with Gasteiger partial charge in [-0.1, -0.05) is 34.1 Å². The summed E-state index contributed by atoms with van der Waals surface area (Å²) in [6.45, 7) is 0. The molecule has 0 unspecified atom stereocenters. The zero-order valence-corrected chi connectivity index (χ0v) is 12.1. The lowest BCUT2D eigenvalue weighted by Crippen LogP contribution is -2.22. The molecule has 1 atom stereocenters. The van der Waals surface area contributed by atoms with Crippen molar-refractivity contribution in [3.05, 3.63) is 56.7 Å². The number of benzene rings is 1. The Hall–Kier alpha value is -1.77. The zero-order valence-electron chi connectivity index (χ0n) is 9.67. The number of nitriles is 1. The molecule has 0 amide bonds. The third-order valence-electron chi connectivity index (χ3n) is 2.55. The van der Waals surface area contributed by atoms with Gasteiger partial charge in [-0.15, -0.1) is 11.3 Å². The second-order valence-electron chi connectivity index (χ2n) is 3.77. The fraction of sp³-hybridized carbons (Fsp3) is 0.0714. The number of carbonyl (C=O) groups excluding carboxylic acids is 2. The van der Waals surface area contributed by atoms with Crippen LogP contribution in [0.3, 0.4) is 0 Å². The number of rotatable bonds is 4. The van der Waals surface area contributed by atoms with Crippen molar-refractivity contribution in [2.75, 3.05) is 0 Å². The molecule has 0 radical (unpaired) electrons. The van der Waals surface area contributed by atoms with Crippen molar-refractivity contribution in [2.24, 2.45) is 5.92 Å². The summed E-state index contributed by atoms with van der Waals surface area (Å²) in [6.07, 6.45) is 0. The zero-order chi connectivity index (χ0) is 13.8. The molecule has 0 saturated heterocycles. The summed E-state index contributed by atoms with van der Waals surface area (Å²) in [5, 5.41) is 10.8. The average Bonchev–Trinajstić information content (AvgIpc) is 2.94. The van der Waals surface area contributed by atoms with E-state index in [1.807, 2.05) is 0 Å². The summed E-state index contributed by atoms with van der Waals surface area (Å²) < 4.78 is 0.835. The molecule has 1 aromatic heterocycles. The predicted molar refractivity (Wildman–Crippen MR) is 76.2 cm³/mol. The maximum Gasteiger partial charge on any atom is 0.197 e. The first-order valence-corrected chi connectivity index (χ1v) is 7.08. The van der Waals surface area contributed by atoms with E-state index in [1.165, 1.54) is 11.3 Å². The van der Waals surface area contributed by atoms with Gasteiger partial charge in [-0.25, -0.2) is 0 Å². The van der Waals surface area contributed by atoms with E-state index in [9.17, 15) is 9.59 Å². The van der Waals surface area contributed by atoms with Crippen molar-refractivity contribution in [3.8, 4) is 6.07 Å². The highest BCUT2D eigenvalue weighted by atomic mass is 79.9. The van der Waals surface area contributed by atoms with Gasteiger partial charge in [-0.05, 0) is 23.6 Å². The van der Waals surface area contributed by atoms with Crippen molar-refractivity contribution in [1.29, 1.82) is 5.26 Å². The van der Waals surface area contributed by atoms with Gasteiger partial charge >= 0.3 is 0 Å². The Kier molecular flexibility index (Phi) is 4.25. The maximum atomic E-state index is 12.2. The highest BCUT2D eigenvalue weighted by Gasteiger charge is 2.28. The molecule has 3 nitrogen and oxygen atoms in total. The number of thiophene rings is 1. The number of Topliss-reactive ketones (excluding diaryl/α,β-unsaturated/α-hetero) is 2. The van der Waals surface area contributed by atoms with Crippen LogP contribution in [0.1, 0.15) is 20.0 Å². The molecular formula is C14H8BrNO2S. The molecule has 5 heteroatoms. The lowest BCUT2D eigenvalue weighted by atomic mass is 9.94. The molecule has 0 aliphatic rings. The van der Waals surface area contributed by atoms with Crippen molar-refractivity contribution in [1.82, 2.24) is 0 Å². The summed E-state index contributed by atoms with van der Waals surface area (Å²) in [4.78, 5) is 24.7. The van der Waals surface area contributed by atoms with Crippen molar-refractivity contribution < 1.29 is 9.59 Å². The first kappa shape index (κ1) is 13.7. The Labute approximate surface area is 122 Å². The molecule has 0 N–H and O–H groups in total. The molecule has 0 bridgehead atoms. The Bertz CT molecular complexity index is 641. The largest absolute Gasteiger partial charge is 0.292 e. The fourth-order valence-corrected chi connectivity index (χ4v) is 2.54. The number of hydrogen-bond donors (Lipinski definition) is 0. The van der Waals surface area contributed by atoms with Crippen molar-refractivity contribution >= 4 is 38.8 Å². The van der Waals surface area contributed by atoms with Crippen molar-refractivity contribution in [2.45, 2.75) is 0 Å².